The number of benzene rings is 2. The van der Waals surface area contributed by atoms with E-state index in [4.69, 9.17) is 15.2 Å². The van der Waals surface area contributed by atoms with Gasteiger partial charge in [-0.2, -0.15) is 0 Å². The van der Waals surface area contributed by atoms with Crippen LogP contribution in [0.15, 0.2) is 36.4 Å². The van der Waals surface area contributed by atoms with Gasteiger partial charge in [-0.15, -0.1) is 0 Å². The van der Waals surface area contributed by atoms with E-state index in [9.17, 15) is 0 Å². The molecule has 4 rings (SSSR count). The van der Waals surface area contributed by atoms with E-state index in [1.165, 1.54) is 0 Å². The Labute approximate surface area is 121 Å². The van der Waals surface area contributed by atoms with Gasteiger partial charge in [0.1, 0.15) is 19.0 Å². The molecule has 1 aromatic heterocycles. The van der Waals surface area contributed by atoms with Crippen molar-refractivity contribution in [3.63, 3.8) is 0 Å². The molecule has 0 amide bonds. The summed E-state index contributed by atoms with van der Waals surface area (Å²) in [6.07, 6.45) is 0. The third-order valence-electron chi connectivity index (χ3n) is 3.58. The maximum atomic E-state index is 5.69. The number of aromatic nitrogens is 2. The second-order valence-electron chi connectivity index (χ2n) is 5.00. The molecule has 5 heteroatoms. The molecule has 0 fully saturated rings. The minimum absolute atomic E-state index is 0.518. The summed E-state index contributed by atoms with van der Waals surface area (Å²) in [7, 11) is 0. The molecule has 0 radical (unpaired) electrons. The van der Waals surface area contributed by atoms with Crippen molar-refractivity contribution >= 4 is 11.0 Å². The van der Waals surface area contributed by atoms with Crippen molar-refractivity contribution in [3.05, 3.63) is 42.0 Å². The number of hydrogen-bond acceptors (Lipinski definition) is 4. The molecular weight excluding hydrogens is 266 g/mol. The molecule has 2 aromatic carbocycles. The summed E-state index contributed by atoms with van der Waals surface area (Å²) in [6.45, 7) is 1.68. The van der Waals surface area contributed by atoms with Gasteiger partial charge in [0.15, 0.2) is 11.5 Å². The van der Waals surface area contributed by atoms with Crippen molar-refractivity contribution in [1.82, 2.24) is 9.97 Å². The fourth-order valence-corrected chi connectivity index (χ4v) is 2.53. The number of nitrogens with two attached hydrogens (primary N) is 1. The number of nitrogens with one attached hydrogen (secondary N) is 1. The predicted octanol–water partition coefficient (Wildman–Crippen LogP) is 2.46. The summed E-state index contributed by atoms with van der Waals surface area (Å²) < 4.78 is 11.2. The maximum absolute atomic E-state index is 5.69. The number of ether oxygens (including phenoxy) is 2. The molecule has 106 valence electrons. The molecule has 3 aromatic rings. The molecular formula is C16H15N3O2. The molecule has 21 heavy (non-hydrogen) atoms. The van der Waals surface area contributed by atoms with E-state index in [-0.39, 0.29) is 0 Å². The SMILES string of the molecule is NCc1cccc(-c2nc3cc4c(cc3[nH]2)OCCO4)c1. The van der Waals surface area contributed by atoms with E-state index < -0.39 is 0 Å². The molecule has 0 aliphatic carbocycles. The summed E-state index contributed by atoms with van der Waals surface area (Å²) in [5.41, 5.74) is 9.60. The highest BCUT2D eigenvalue weighted by molar-refractivity contribution is 5.83. The second-order valence-corrected chi connectivity index (χ2v) is 5.00. The Morgan fingerprint density at radius 3 is 2.71 bits per heavy atom. The molecule has 0 atom stereocenters. The van der Waals surface area contributed by atoms with Gasteiger partial charge in [0.25, 0.3) is 0 Å². The molecule has 0 saturated heterocycles. The Morgan fingerprint density at radius 1 is 1.10 bits per heavy atom. The van der Waals surface area contributed by atoms with E-state index in [1.807, 2.05) is 36.4 Å². The van der Waals surface area contributed by atoms with Crippen molar-refractivity contribution < 1.29 is 9.47 Å². The zero-order valence-corrected chi connectivity index (χ0v) is 11.4. The van der Waals surface area contributed by atoms with Crippen LogP contribution in [0.25, 0.3) is 22.4 Å². The van der Waals surface area contributed by atoms with Gasteiger partial charge in [-0.25, -0.2) is 4.98 Å². The molecule has 3 N–H and O–H groups in total. The molecule has 0 saturated carbocycles. The molecule has 1 aliphatic heterocycles. The van der Waals surface area contributed by atoms with Gasteiger partial charge in [-0.3, -0.25) is 0 Å². The quantitative estimate of drug-likeness (QED) is 0.756. The van der Waals surface area contributed by atoms with Crippen molar-refractivity contribution in [3.8, 4) is 22.9 Å². The van der Waals surface area contributed by atoms with Gasteiger partial charge < -0.3 is 20.2 Å². The number of H-pyrrole nitrogens is 1. The lowest BCUT2D eigenvalue weighted by atomic mass is 10.1. The zero-order valence-electron chi connectivity index (χ0n) is 11.4. The first-order chi connectivity index (χ1) is 10.3. The van der Waals surface area contributed by atoms with Crippen LogP contribution in [0.5, 0.6) is 11.5 Å². The van der Waals surface area contributed by atoms with Crippen LogP contribution in [0.3, 0.4) is 0 Å². The second kappa shape index (κ2) is 4.79. The standard InChI is InChI=1S/C16H15N3O2/c17-9-10-2-1-3-11(6-10)16-18-12-7-14-15(8-13(12)19-16)21-5-4-20-14/h1-3,6-8H,4-5,9,17H2,(H,18,19). The van der Waals surface area contributed by atoms with Gasteiger partial charge in [0.2, 0.25) is 0 Å². The first-order valence-electron chi connectivity index (χ1n) is 6.92. The Kier molecular flexibility index (Phi) is 2.79. The van der Waals surface area contributed by atoms with Crippen LogP contribution in [0.4, 0.5) is 0 Å². The normalized spacial score (nSPS) is 13.6. The van der Waals surface area contributed by atoms with E-state index >= 15 is 0 Å². The summed E-state index contributed by atoms with van der Waals surface area (Å²) >= 11 is 0. The first kappa shape index (κ1) is 12.2. The van der Waals surface area contributed by atoms with Crippen LogP contribution in [-0.4, -0.2) is 23.2 Å². The van der Waals surface area contributed by atoms with Crippen LogP contribution in [0, 0.1) is 0 Å². The van der Waals surface area contributed by atoms with E-state index in [2.05, 4.69) is 9.97 Å². The topological polar surface area (TPSA) is 73.2 Å². The maximum Gasteiger partial charge on any atom is 0.163 e. The summed E-state index contributed by atoms with van der Waals surface area (Å²) in [5, 5.41) is 0. The molecule has 5 nitrogen and oxygen atoms in total. The third-order valence-corrected chi connectivity index (χ3v) is 3.58. The minimum Gasteiger partial charge on any atom is -0.486 e. The average Bonchev–Trinajstić information content (AvgIpc) is 2.95. The van der Waals surface area contributed by atoms with Gasteiger partial charge >= 0.3 is 0 Å². The molecule has 0 spiro atoms. The highest BCUT2D eigenvalue weighted by Crippen LogP contribution is 2.34. The first-order valence-corrected chi connectivity index (χ1v) is 6.92. The molecule has 1 aliphatic rings. The Balaban J connectivity index is 1.82. The van der Waals surface area contributed by atoms with Crippen LogP contribution >= 0.6 is 0 Å². The Hall–Kier alpha value is -2.53. The summed E-state index contributed by atoms with van der Waals surface area (Å²) in [4.78, 5) is 7.96. The highest BCUT2D eigenvalue weighted by atomic mass is 16.6. The highest BCUT2D eigenvalue weighted by Gasteiger charge is 2.15. The predicted molar refractivity (Wildman–Crippen MR) is 80.4 cm³/mol. The third kappa shape index (κ3) is 2.11. The Morgan fingerprint density at radius 2 is 1.90 bits per heavy atom. The lowest BCUT2D eigenvalue weighted by Gasteiger charge is -2.17. The van der Waals surface area contributed by atoms with Crippen molar-refractivity contribution in [1.29, 1.82) is 0 Å². The number of imidazole rings is 1. The lowest BCUT2D eigenvalue weighted by molar-refractivity contribution is 0.172. The number of aromatic amines is 1. The minimum atomic E-state index is 0.518. The van der Waals surface area contributed by atoms with Crippen LogP contribution in [0.2, 0.25) is 0 Å². The average molecular weight is 281 g/mol. The fourth-order valence-electron chi connectivity index (χ4n) is 2.53. The zero-order chi connectivity index (χ0) is 14.2. The largest absolute Gasteiger partial charge is 0.486 e. The molecule has 0 bridgehead atoms. The van der Waals surface area contributed by atoms with Crippen LogP contribution in [0.1, 0.15) is 5.56 Å². The van der Waals surface area contributed by atoms with Gasteiger partial charge in [-0.05, 0) is 11.6 Å². The van der Waals surface area contributed by atoms with Crippen molar-refractivity contribution in [2.75, 3.05) is 13.2 Å². The van der Waals surface area contributed by atoms with Crippen LogP contribution in [-0.2, 0) is 6.54 Å². The van der Waals surface area contributed by atoms with Crippen molar-refractivity contribution in [2.24, 2.45) is 5.73 Å². The lowest BCUT2D eigenvalue weighted by Crippen LogP contribution is -2.15. The van der Waals surface area contributed by atoms with E-state index in [0.717, 1.165) is 39.5 Å². The van der Waals surface area contributed by atoms with Crippen LogP contribution < -0.4 is 15.2 Å². The number of rotatable bonds is 2. The number of hydrogen-bond donors (Lipinski definition) is 2. The fraction of sp³-hybridized carbons (Fsp3) is 0.188. The Bertz CT molecular complexity index is 767. The van der Waals surface area contributed by atoms with Crippen molar-refractivity contribution in [2.45, 2.75) is 6.54 Å². The smallest absolute Gasteiger partial charge is 0.163 e. The van der Waals surface area contributed by atoms with E-state index in [1.54, 1.807) is 0 Å². The molecule has 2 heterocycles. The number of nitrogens with zero attached hydrogens (tertiary/aromatic N) is 1. The number of fused-ring (bicyclic) bond motifs is 2. The molecule has 0 unspecified atom stereocenters. The van der Waals surface area contributed by atoms with Gasteiger partial charge in [0.05, 0.1) is 11.0 Å². The van der Waals surface area contributed by atoms with Gasteiger partial charge in [0, 0.05) is 24.2 Å². The summed E-state index contributed by atoms with van der Waals surface area (Å²) in [5.74, 6) is 2.34. The monoisotopic (exact) mass is 281 g/mol. The van der Waals surface area contributed by atoms with E-state index in [0.29, 0.717) is 19.8 Å². The summed E-state index contributed by atoms with van der Waals surface area (Å²) in [6, 6.07) is 11.9. The van der Waals surface area contributed by atoms with Gasteiger partial charge in [-0.1, -0.05) is 18.2 Å².